The van der Waals surface area contributed by atoms with Crippen molar-refractivity contribution in [2.75, 3.05) is 26.1 Å². The van der Waals surface area contributed by atoms with E-state index in [2.05, 4.69) is 15.6 Å². The summed E-state index contributed by atoms with van der Waals surface area (Å²) in [4.78, 5) is 18.7. The van der Waals surface area contributed by atoms with E-state index in [0.717, 1.165) is 0 Å². The van der Waals surface area contributed by atoms with Crippen molar-refractivity contribution in [3.05, 3.63) is 42.5 Å². The average Bonchev–Trinajstić information content (AvgIpc) is 3.03. The molecule has 0 aliphatic carbocycles. The molecule has 0 aliphatic rings. The normalized spacial score (nSPS) is 10.4. The van der Waals surface area contributed by atoms with Crippen LogP contribution in [0.3, 0.4) is 0 Å². The van der Waals surface area contributed by atoms with E-state index in [1.54, 1.807) is 31.4 Å². The minimum Gasteiger partial charge on any atom is -0.497 e. The van der Waals surface area contributed by atoms with Crippen LogP contribution >= 0.6 is 0 Å². The Morgan fingerprint density at radius 2 is 2.00 bits per heavy atom. The fourth-order valence-electron chi connectivity index (χ4n) is 2.15. The summed E-state index contributed by atoms with van der Waals surface area (Å²) < 4.78 is 10.4. The monoisotopic (exact) mass is 328 g/mol. The van der Waals surface area contributed by atoms with Gasteiger partial charge in [0, 0.05) is 6.07 Å². The van der Waals surface area contributed by atoms with E-state index in [0.29, 0.717) is 28.2 Å². The summed E-state index contributed by atoms with van der Waals surface area (Å²) in [6.07, 6.45) is 0. The van der Waals surface area contributed by atoms with Gasteiger partial charge in [-0.2, -0.15) is 0 Å². The zero-order valence-electron chi connectivity index (χ0n) is 13.2. The van der Waals surface area contributed by atoms with Crippen molar-refractivity contribution < 1.29 is 19.1 Å². The van der Waals surface area contributed by atoms with Crippen LogP contribution in [0.15, 0.2) is 42.5 Å². The lowest BCUT2D eigenvalue weighted by Crippen LogP contribution is -2.26. The van der Waals surface area contributed by atoms with Gasteiger partial charge in [-0.05, 0) is 29.5 Å². The summed E-state index contributed by atoms with van der Waals surface area (Å²) >= 11 is 0. The van der Waals surface area contributed by atoms with E-state index in [1.165, 1.54) is 12.0 Å². The molecule has 0 bridgehead atoms. The molecule has 0 fully saturated rings. The molecular formula is C16H16N4O4. The maximum atomic E-state index is 12.1. The largest absolute Gasteiger partial charge is 0.497 e. The van der Waals surface area contributed by atoms with Crippen LogP contribution in [0, 0.1) is 0 Å². The minimum atomic E-state index is -0.349. The van der Waals surface area contributed by atoms with Crippen molar-refractivity contribution in [1.82, 2.24) is 15.2 Å². The highest BCUT2D eigenvalue weighted by molar-refractivity contribution is 5.93. The number of nitrogens with one attached hydrogen (secondary N) is 1. The van der Waals surface area contributed by atoms with Crippen molar-refractivity contribution in [2.24, 2.45) is 0 Å². The van der Waals surface area contributed by atoms with Crippen molar-refractivity contribution in [1.29, 1.82) is 0 Å². The lowest BCUT2D eigenvalue weighted by molar-refractivity contribution is -0.121. The number of aromatic nitrogens is 3. The molecule has 8 heteroatoms. The maximum Gasteiger partial charge on any atom is 0.265 e. The molecule has 124 valence electrons. The first-order valence-corrected chi connectivity index (χ1v) is 7.17. The number of ether oxygens (including phenoxy) is 2. The number of amides is 1. The van der Waals surface area contributed by atoms with Gasteiger partial charge < -0.3 is 19.6 Å². The fraction of sp³-hybridized carbons (Fsp3) is 0.188. The number of hydrogen-bond donors (Lipinski definition) is 1. The molecule has 1 aromatic heterocycles. The minimum absolute atomic E-state index is 0.220. The van der Waals surface area contributed by atoms with Gasteiger partial charge >= 0.3 is 0 Å². The second-order valence-electron chi connectivity index (χ2n) is 4.84. The summed E-state index contributed by atoms with van der Waals surface area (Å²) in [6, 6.07) is 12.4. The molecule has 0 saturated carbocycles. The predicted molar refractivity (Wildman–Crippen MR) is 87.2 cm³/mol. The molecule has 0 saturated heterocycles. The van der Waals surface area contributed by atoms with E-state index in [9.17, 15) is 4.79 Å². The Morgan fingerprint density at radius 1 is 1.17 bits per heavy atom. The molecule has 2 aromatic carbocycles. The van der Waals surface area contributed by atoms with Crippen molar-refractivity contribution >= 4 is 22.6 Å². The number of rotatable bonds is 6. The molecule has 1 amide bonds. The lowest BCUT2D eigenvalue weighted by Gasteiger charge is -2.11. The van der Waals surface area contributed by atoms with Gasteiger partial charge in [0.25, 0.3) is 5.91 Å². The summed E-state index contributed by atoms with van der Waals surface area (Å²) in [5.41, 5.74) is 1.90. The number of carbonyl (C=O) groups is 1. The number of anilines is 1. The molecule has 0 aliphatic heterocycles. The van der Waals surface area contributed by atoms with Gasteiger partial charge in [-0.15, -0.1) is 5.10 Å². The van der Waals surface area contributed by atoms with E-state index >= 15 is 0 Å². The average molecular weight is 328 g/mol. The molecule has 0 unspecified atom stereocenters. The maximum absolute atomic E-state index is 12.1. The first-order valence-electron chi connectivity index (χ1n) is 7.17. The zero-order valence-corrected chi connectivity index (χ0v) is 13.2. The van der Waals surface area contributed by atoms with Crippen molar-refractivity contribution in [3.63, 3.8) is 0 Å². The Bertz CT molecular complexity index is 862. The molecule has 3 rings (SSSR count). The highest BCUT2D eigenvalue weighted by Gasteiger charge is 2.11. The highest BCUT2D eigenvalue weighted by atomic mass is 16.7. The molecule has 8 nitrogen and oxygen atoms in total. The first-order chi connectivity index (χ1) is 11.7. The number of hydrogen-bond acceptors (Lipinski definition) is 6. The van der Waals surface area contributed by atoms with Crippen LogP contribution in [0.2, 0.25) is 0 Å². The van der Waals surface area contributed by atoms with Gasteiger partial charge in [0.2, 0.25) is 0 Å². The summed E-state index contributed by atoms with van der Waals surface area (Å²) in [7, 11) is 3.08. The summed E-state index contributed by atoms with van der Waals surface area (Å²) in [5, 5.41) is 10.5. The van der Waals surface area contributed by atoms with Gasteiger partial charge in [0.05, 0.1) is 19.9 Å². The SMILES string of the molecule is COc1ccc(NC(=O)COn2nnc3ccccc32)c(OC)c1. The van der Waals surface area contributed by atoms with Crippen LogP contribution in [-0.4, -0.2) is 41.9 Å². The number of carbonyl (C=O) groups excluding carboxylic acids is 1. The third-order valence-corrected chi connectivity index (χ3v) is 3.32. The number of nitrogens with zero attached hydrogens (tertiary/aromatic N) is 3. The van der Waals surface area contributed by atoms with E-state index in [4.69, 9.17) is 14.3 Å². The molecule has 3 aromatic rings. The molecular weight excluding hydrogens is 312 g/mol. The zero-order chi connectivity index (χ0) is 16.9. The topological polar surface area (TPSA) is 87.5 Å². The standard InChI is InChI=1S/C16H16N4O4/c1-22-11-7-8-13(15(9-11)23-2)17-16(21)10-24-20-14-6-4-3-5-12(14)18-19-20/h3-9H,10H2,1-2H3,(H,17,21). The van der Waals surface area contributed by atoms with Crippen molar-refractivity contribution in [3.8, 4) is 11.5 Å². The third kappa shape index (κ3) is 3.22. The van der Waals surface area contributed by atoms with Crippen LogP contribution < -0.4 is 19.6 Å². The van der Waals surface area contributed by atoms with Gasteiger partial charge in [0.15, 0.2) is 6.61 Å². The smallest absolute Gasteiger partial charge is 0.265 e. The highest BCUT2D eigenvalue weighted by Crippen LogP contribution is 2.28. The Labute approximate surface area is 137 Å². The molecule has 0 atom stereocenters. The van der Waals surface area contributed by atoms with Crippen LogP contribution in [0.5, 0.6) is 11.5 Å². The molecule has 24 heavy (non-hydrogen) atoms. The third-order valence-electron chi connectivity index (χ3n) is 3.32. The molecule has 1 heterocycles. The lowest BCUT2D eigenvalue weighted by atomic mass is 10.2. The van der Waals surface area contributed by atoms with Crippen LogP contribution in [0.4, 0.5) is 5.69 Å². The van der Waals surface area contributed by atoms with Gasteiger partial charge in [-0.1, -0.05) is 17.0 Å². The number of benzene rings is 2. The number of methoxy groups -OCH3 is 2. The Kier molecular flexibility index (Phi) is 4.46. The Hall–Kier alpha value is -3.29. The fourth-order valence-corrected chi connectivity index (χ4v) is 2.15. The second kappa shape index (κ2) is 6.86. The number of para-hydroxylation sites is 1. The van der Waals surface area contributed by atoms with Crippen LogP contribution in [0.25, 0.3) is 11.0 Å². The van der Waals surface area contributed by atoms with Gasteiger partial charge in [-0.25, -0.2) is 0 Å². The van der Waals surface area contributed by atoms with E-state index < -0.39 is 0 Å². The second-order valence-corrected chi connectivity index (χ2v) is 4.84. The van der Waals surface area contributed by atoms with Crippen LogP contribution in [-0.2, 0) is 4.79 Å². The molecule has 1 N–H and O–H groups in total. The van der Waals surface area contributed by atoms with Crippen LogP contribution in [0.1, 0.15) is 0 Å². The van der Waals surface area contributed by atoms with E-state index in [-0.39, 0.29) is 12.5 Å². The summed E-state index contributed by atoms with van der Waals surface area (Å²) in [6.45, 7) is -0.220. The van der Waals surface area contributed by atoms with Gasteiger partial charge in [0.1, 0.15) is 22.5 Å². The predicted octanol–water partition coefficient (Wildman–Crippen LogP) is 1.52. The number of fused-ring (bicyclic) bond motifs is 1. The Morgan fingerprint density at radius 3 is 2.79 bits per heavy atom. The van der Waals surface area contributed by atoms with Gasteiger partial charge in [-0.3, -0.25) is 4.79 Å². The Balaban J connectivity index is 1.66. The molecule has 0 radical (unpaired) electrons. The first kappa shape index (κ1) is 15.6. The summed E-state index contributed by atoms with van der Waals surface area (Å²) in [5.74, 6) is 0.780. The quantitative estimate of drug-likeness (QED) is 0.738. The molecule has 0 spiro atoms. The van der Waals surface area contributed by atoms with Crippen molar-refractivity contribution in [2.45, 2.75) is 0 Å². The van der Waals surface area contributed by atoms with E-state index in [1.807, 2.05) is 18.2 Å².